The van der Waals surface area contributed by atoms with Gasteiger partial charge in [0.15, 0.2) is 0 Å². The minimum atomic E-state index is -3.80. The summed E-state index contributed by atoms with van der Waals surface area (Å²) in [6.45, 7) is 9.55. The molecule has 6 heteroatoms. The number of ether oxygens (including phenoxy) is 1. The van der Waals surface area contributed by atoms with Crippen LogP contribution in [-0.2, 0) is 16.4 Å². The van der Waals surface area contributed by atoms with E-state index in [4.69, 9.17) is 4.74 Å². The van der Waals surface area contributed by atoms with Crippen molar-refractivity contribution in [2.75, 3.05) is 0 Å². The Morgan fingerprint density at radius 2 is 1.81 bits per heavy atom. The Balaban J connectivity index is 2.80. The molecule has 1 aromatic carbocycles. The van der Waals surface area contributed by atoms with Crippen molar-refractivity contribution in [3.05, 3.63) is 22.3 Å². The van der Waals surface area contributed by atoms with Crippen LogP contribution in [0.3, 0.4) is 0 Å². The van der Waals surface area contributed by atoms with Gasteiger partial charge < -0.3 is 4.74 Å². The summed E-state index contributed by atoms with van der Waals surface area (Å²) in [6, 6.07) is 0. The lowest BCUT2D eigenvalue weighted by Gasteiger charge is -2.35. The average molecular weight is 325 g/mol. The maximum absolute atomic E-state index is 12.3. The number of benzene rings is 1. The van der Waals surface area contributed by atoms with Crippen molar-refractivity contribution in [3.8, 4) is 5.75 Å². The minimum Gasteiger partial charge on any atom is -0.487 e. The second-order valence-corrected chi connectivity index (χ2v) is 7.75. The van der Waals surface area contributed by atoms with Gasteiger partial charge in [0.05, 0.1) is 10.1 Å². The number of isothiocyanates is 1. The summed E-state index contributed by atoms with van der Waals surface area (Å²) in [5, 5.41) is 1.96. The molecule has 114 valence electrons. The highest BCUT2D eigenvalue weighted by Crippen LogP contribution is 2.42. The molecule has 0 spiro atoms. The first-order valence-electron chi connectivity index (χ1n) is 6.76. The van der Waals surface area contributed by atoms with E-state index in [0.29, 0.717) is 11.1 Å². The first kappa shape index (κ1) is 16.1. The quantitative estimate of drug-likeness (QED) is 0.617. The first-order chi connectivity index (χ1) is 9.60. The van der Waals surface area contributed by atoms with Gasteiger partial charge in [-0.1, -0.05) is 0 Å². The largest absolute Gasteiger partial charge is 0.487 e. The molecule has 1 heterocycles. The van der Waals surface area contributed by atoms with E-state index in [1.54, 1.807) is 13.8 Å². The molecule has 0 unspecified atom stereocenters. The van der Waals surface area contributed by atoms with Gasteiger partial charge in [-0.25, -0.2) is 0 Å². The van der Waals surface area contributed by atoms with Gasteiger partial charge in [0.1, 0.15) is 11.4 Å². The van der Waals surface area contributed by atoms with Crippen LogP contribution < -0.4 is 4.74 Å². The van der Waals surface area contributed by atoms with E-state index < -0.39 is 10.0 Å². The number of fused-ring (bicyclic) bond motifs is 1. The summed E-state index contributed by atoms with van der Waals surface area (Å²) in [5.41, 5.74) is 2.94. The number of rotatable bonds is 2. The highest BCUT2D eigenvalue weighted by Gasteiger charge is 2.33. The highest BCUT2D eigenvalue weighted by molar-refractivity contribution is 7.91. The van der Waals surface area contributed by atoms with Gasteiger partial charge in [-0.05, 0) is 81.9 Å². The van der Waals surface area contributed by atoms with Crippen LogP contribution in [0.2, 0.25) is 0 Å². The monoisotopic (exact) mass is 325 g/mol. The third-order valence-corrected chi connectivity index (χ3v) is 5.75. The topological polar surface area (TPSA) is 55.7 Å². The number of nitrogens with zero attached hydrogens (tertiary/aromatic N) is 1. The molecular weight excluding hydrogens is 306 g/mol. The summed E-state index contributed by atoms with van der Waals surface area (Å²) in [4.78, 5) is 0.236. The van der Waals surface area contributed by atoms with E-state index in [-0.39, 0.29) is 10.5 Å². The molecule has 0 aliphatic carbocycles. The summed E-state index contributed by atoms with van der Waals surface area (Å²) >= 11 is 4.45. The van der Waals surface area contributed by atoms with E-state index >= 15 is 0 Å². The van der Waals surface area contributed by atoms with Gasteiger partial charge in [0.25, 0.3) is 10.0 Å². The van der Waals surface area contributed by atoms with Crippen LogP contribution in [0, 0.1) is 20.8 Å². The predicted molar refractivity (Wildman–Crippen MR) is 85.9 cm³/mol. The fourth-order valence-electron chi connectivity index (χ4n) is 2.83. The molecule has 0 atom stereocenters. The Morgan fingerprint density at radius 1 is 1.19 bits per heavy atom. The molecule has 1 aromatic rings. The number of sulfonamides is 1. The van der Waals surface area contributed by atoms with E-state index in [1.165, 1.54) is 0 Å². The third-order valence-electron chi connectivity index (χ3n) is 4.08. The van der Waals surface area contributed by atoms with Crippen LogP contribution >= 0.6 is 12.2 Å². The lowest BCUT2D eigenvalue weighted by atomic mass is 9.88. The van der Waals surface area contributed by atoms with Crippen molar-refractivity contribution in [2.24, 2.45) is 4.40 Å². The Morgan fingerprint density at radius 3 is 2.38 bits per heavy atom. The third kappa shape index (κ3) is 2.76. The molecule has 0 fully saturated rings. The number of thiocarbonyl (C=S) groups is 1. The van der Waals surface area contributed by atoms with Crippen molar-refractivity contribution in [1.29, 1.82) is 0 Å². The Labute approximate surface area is 131 Å². The van der Waals surface area contributed by atoms with Gasteiger partial charge in [-0.3, -0.25) is 0 Å². The second kappa shape index (κ2) is 5.20. The van der Waals surface area contributed by atoms with Crippen LogP contribution in [0.25, 0.3) is 0 Å². The van der Waals surface area contributed by atoms with Crippen LogP contribution in [0.15, 0.2) is 9.29 Å². The van der Waals surface area contributed by atoms with Crippen LogP contribution in [0.5, 0.6) is 5.75 Å². The van der Waals surface area contributed by atoms with Crippen molar-refractivity contribution in [1.82, 2.24) is 0 Å². The minimum absolute atomic E-state index is 0.233. The zero-order valence-electron chi connectivity index (χ0n) is 12.9. The SMILES string of the molecule is Cc1c(C)c(S(=O)(=O)N=C=S)c(C)c2c1OC(C)(C)CC2. The summed E-state index contributed by atoms with van der Waals surface area (Å²) in [7, 11) is -3.80. The fraction of sp³-hybridized carbons (Fsp3) is 0.533. The predicted octanol–water partition coefficient (Wildman–Crippen LogP) is 3.51. The molecule has 0 saturated heterocycles. The molecule has 0 amide bonds. The molecule has 0 saturated carbocycles. The average Bonchev–Trinajstić information content (AvgIpc) is 2.34. The molecule has 0 N–H and O–H groups in total. The van der Waals surface area contributed by atoms with Crippen LogP contribution in [0.4, 0.5) is 0 Å². The highest BCUT2D eigenvalue weighted by atomic mass is 32.2. The van der Waals surface area contributed by atoms with Gasteiger partial charge in [0.2, 0.25) is 0 Å². The Hall–Kier alpha value is -1.23. The van der Waals surface area contributed by atoms with Crippen molar-refractivity contribution in [3.63, 3.8) is 0 Å². The van der Waals surface area contributed by atoms with E-state index in [9.17, 15) is 8.42 Å². The maximum atomic E-state index is 12.3. The lowest BCUT2D eigenvalue weighted by Crippen LogP contribution is -2.33. The maximum Gasteiger partial charge on any atom is 0.291 e. The van der Waals surface area contributed by atoms with Crippen molar-refractivity contribution >= 4 is 27.4 Å². The molecule has 21 heavy (non-hydrogen) atoms. The molecule has 0 aromatic heterocycles. The number of hydrogen-bond acceptors (Lipinski definition) is 4. The van der Waals surface area contributed by atoms with Crippen LogP contribution in [-0.4, -0.2) is 19.2 Å². The summed E-state index contributed by atoms with van der Waals surface area (Å²) in [5.74, 6) is 0.812. The molecule has 4 nitrogen and oxygen atoms in total. The molecule has 1 aliphatic rings. The van der Waals surface area contributed by atoms with Gasteiger partial charge >= 0.3 is 0 Å². The van der Waals surface area contributed by atoms with Crippen molar-refractivity contribution < 1.29 is 13.2 Å². The smallest absolute Gasteiger partial charge is 0.291 e. The zero-order valence-corrected chi connectivity index (χ0v) is 14.5. The molecular formula is C15H19NO3S2. The first-order valence-corrected chi connectivity index (χ1v) is 8.61. The standard InChI is InChI=1S/C15H19NO3S2/c1-9-10(2)14(21(17,18)16-8-20)11(3)12-6-7-15(4,5)19-13(9)12/h6-7H2,1-5H3. The summed E-state index contributed by atoms with van der Waals surface area (Å²) in [6.07, 6.45) is 1.64. The molecule has 0 radical (unpaired) electrons. The number of hydrogen-bond donors (Lipinski definition) is 0. The normalized spacial score (nSPS) is 16.6. The molecule has 1 aliphatic heterocycles. The Kier molecular flexibility index (Phi) is 4.00. The van der Waals surface area contributed by atoms with Gasteiger partial charge in [-0.2, -0.15) is 8.42 Å². The fourth-order valence-corrected chi connectivity index (χ4v) is 4.36. The van der Waals surface area contributed by atoms with E-state index in [1.807, 2.05) is 25.9 Å². The molecule has 0 bridgehead atoms. The second-order valence-electron chi connectivity index (χ2n) is 6.03. The van der Waals surface area contributed by atoms with Crippen molar-refractivity contribution in [2.45, 2.75) is 58.0 Å². The van der Waals surface area contributed by atoms with E-state index in [0.717, 1.165) is 29.7 Å². The lowest BCUT2D eigenvalue weighted by molar-refractivity contribution is 0.0832. The zero-order chi connectivity index (χ0) is 16.0. The van der Waals surface area contributed by atoms with E-state index in [2.05, 4.69) is 16.6 Å². The van der Waals surface area contributed by atoms with Crippen LogP contribution in [0.1, 0.15) is 42.5 Å². The van der Waals surface area contributed by atoms with Gasteiger partial charge in [0, 0.05) is 0 Å². The molecule has 2 rings (SSSR count). The Bertz CT molecular complexity index is 758. The van der Waals surface area contributed by atoms with Gasteiger partial charge in [-0.15, -0.1) is 4.40 Å². The summed E-state index contributed by atoms with van der Waals surface area (Å²) < 4.78 is 34.0.